The van der Waals surface area contributed by atoms with E-state index >= 15 is 0 Å². The van der Waals surface area contributed by atoms with Crippen molar-refractivity contribution in [3.05, 3.63) is 64.7 Å². The van der Waals surface area contributed by atoms with Crippen molar-refractivity contribution in [2.45, 2.75) is 13.8 Å². The maximum atomic E-state index is 11.9. The Labute approximate surface area is 203 Å². The highest BCUT2D eigenvalue weighted by molar-refractivity contribution is 6.61. The van der Waals surface area contributed by atoms with E-state index in [0.717, 1.165) is 22.3 Å². The molecule has 0 N–H and O–H groups in total. The molecular formula is C27H20Cl2O4. The zero-order valence-corrected chi connectivity index (χ0v) is 19.6. The largest absolute Gasteiger partial charge is 0.481 e. The number of benzene rings is 3. The van der Waals surface area contributed by atoms with E-state index in [9.17, 15) is 4.79 Å². The van der Waals surface area contributed by atoms with Crippen molar-refractivity contribution in [3.8, 4) is 64.2 Å². The lowest BCUT2D eigenvalue weighted by atomic mass is 9.90. The van der Waals surface area contributed by atoms with E-state index in [1.807, 2.05) is 38.1 Å². The van der Waals surface area contributed by atoms with E-state index in [2.05, 4.69) is 11.8 Å². The molecule has 33 heavy (non-hydrogen) atoms. The molecule has 0 saturated carbocycles. The smallest absolute Gasteiger partial charge is 0.409 e. The molecule has 3 aromatic carbocycles. The standard InChI is InChI=1S/C27H20Cl2O4/c1-5-15-31-21-11-7-19(8-12-21)23-17(3)25(28)18(4)24(26(23)33-27(29)30)20-9-13-22(14-10-20)32-16-6-2/h1-2,7-14H,15-16H2,3-4H3. The van der Waals surface area contributed by atoms with Crippen LogP contribution in [0.4, 0.5) is 4.79 Å². The summed E-state index contributed by atoms with van der Waals surface area (Å²) in [6, 6.07) is 14.5. The van der Waals surface area contributed by atoms with Crippen molar-refractivity contribution < 1.29 is 19.0 Å². The Kier molecular flexibility index (Phi) is 7.91. The van der Waals surface area contributed by atoms with E-state index in [0.29, 0.717) is 33.4 Å². The van der Waals surface area contributed by atoms with Crippen LogP contribution in [0.2, 0.25) is 5.02 Å². The van der Waals surface area contributed by atoms with Crippen LogP contribution in [0.3, 0.4) is 0 Å². The van der Waals surface area contributed by atoms with Gasteiger partial charge in [0, 0.05) is 27.8 Å². The van der Waals surface area contributed by atoms with Gasteiger partial charge in [0.25, 0.3) is 0 Å². The molecule has 3 rings (SSSR count). The number of carbonyl (C=O) groups is 1. The average molecular weight is 479 g/mol. The first-order valence-electron chi connectivity index (χ1n) is 9.90. The molecule has 0 amide bonds. The maximum absolute atomic E-state index is 11.9. The Morgan fingerprint density at radius 3 is 1.55 bits per heavy atom. The third-order valence-corrected chi connectivity index (χ3v) is 5.62. The minimum atomic E-state index is -0.957. The molecule has 0 aliphatic rings. The van der Waals surface area contributed by atoms with E-state index < -0.39 is 5.43 Å². The number of carbonyl (C=O) groups excluding carboxylic acids is 1. The fourth-order valence-electron chi connectivity index (χ4n) is 3.53. The van der Waals surface area contributed by atoms with Crippen molar-refractivity contribution in [2.75, 3.05) is 13.2 Å². The minimum absolute atomic E-state index is 0.162. The molecule has 0 radical (unpaired) electrons. The summed E-state index contributed by atoms with van der Waals surface area (Å²) in [6.45, 7) is 4.04. The van der Waals surface area contributed by atoms with E-state index in [-0.39, 0.29) is 13.2 Å². The van der Waals surface area contributed by atoms with Crippen LogP contribution < -0.4 is 14.2 Å². The van der Waals surface area contributed by atoms with E-state index in [4.69, 9.17) is 50.3 Å². The van der Waals surface area contributed by atoms with Crippen LogP contribution >= 0.6 is 23.2 Å². The lowest BCUT2D eigenvalue weighted by molar-refractivity contribution is 0.226. The van der Waals surface area contributed by atoms with Crippen molar-refractivity contribution in [1.82, 2.24) is 0 Å². The predicted octanol–water partition coefficient (Wildman–Crippen LogP) is 7.05. The molecule has 3 aromatic rings. The molecule has 0 spiro atoms. The van der Waals surface area contributed by atoms with Crippen molar-refractivity contribution in [3.63, 3.8) is 0 Å². The summed E-state index contributed by atoms with van der Waals surface area (Å²) in [5, 5.41) is 0.551. The minimum Gasteiger partial charge on any atom is -0.481 e. The predicted molar refractivity (Wildman–Crippen MR) is 132 cm³/mol. The van der Waals surface area contributed by atoms with Crippen molar-refractivity contribution >= 4 is 28.6 Å². The van der Waals surface area contributed by atoms with Gasteiger partial charge in [0.05, 0.1) is 0 Å². The van der Waals surface area contributed by atoms with Gasteiger partial charge in [-0.25, -0.2) is 4.79 Å². The molecule has 0 atom stereocenters. The molecule has 6 heteroatoms. The Morgan fingerprint density at radius 2 is 1.21 bits per heavy atom. The molecular weight excluding hydrogens is 459 g/mol. The van der Waals surface area contributed by atoms with Crippen LogP contribution in [0.15, 0.2) is 48.5 Å². The summed E-state index contributed by atoms with van der Waals surface area (Å²) in [6.07, 6.45) is 10.5. The highest BCUT2D eigenvalue weighted by Gasteiger charge is 2.24. The molecule has 0 fully saturated rings. The summed E-state index contributed by atoms with van der Waals surface area (Å²) in [5.41, 5.74) is 3.36. The van der Waals surface area contributed by atoms with Gasteiger partial charge in [-0.3, -0.25) is 0 Å². The lowest BCUT2D eigenvalue weighted by Gasteiger charge is -2.21. The molecule has 0 aliphatic carbocycles. The molecule has 0 bridgehead atoms. The summed E-state index contributed by atoms with van der Waals surface area (Å²) in [5.74, 6) is 6.40. The Balaban J connectivity index is 2.20. The Morgan fingerprint density at radius 1 is 0.818 bits per heavy atom. The summed E-state index contributed by atoms with van der Waals surface area (Å²) >= 11 is 12.4. The second kappa shape index (κ2) is 10.8. The first-order valence-corrected chi connectivity index (χ1v) is 10.7. The number of rotatable bonds is 7. The van der Waals surface area contributed by atoms with Crippen molar-refractivity contribution in [2.24, 2.45) is 0 Å². The highest BCUT2D eigenvalue weighted by Crippen LogP contribution is 2.47. The van der Waals surface area contributed by atoms with Crippen LogP contribution in [0, 0.1) is 38.5 Å². The van der Waals surface area contributed by atoms with E-state index in [1.54, 1.807) is 24.3 Å². The number of ether oxygens (including phenoxy) is 3. The Hall–Kier alpha value is -3.57. The van der Waals surface area contributed by atoms with Gasteiger partial charge in [0.15, 0.2) is 0 Å². The lowest BCUT2D eigenvalue weighted by Crippen LogP contribution is -2.04. The fraction of sp³-hybridized carbons (Fsp3) is 0.148. The molecule has 0 aliphatic heterocycles. The van der Waals surface area contributed by atoms with Crippen LogP contribution in [0.5, 0.6) is 17.2 Å². The third kappa shape index (κ3) is 5.44. The number of hydrogen-bond donors (Lipinski definition) is 0. The molecule has 0 heterocycles. The zero-order valence-electron chi connectivity index (χ0n) is 18.1. The average Bonchev–Trinajstić information content (AvgIpc) is 2.81. The van der Waals surface area contributed by atoms with Crippen LogP contribution in [0.1, 0.15) is 11.1 Å². The van der Waals surface area contributed by atoms with Gasteiger partial charge < -0.3 is 14.2 Å². The molecule has 0 unspecified atom stereocenters. The number of terminal acetylenes is 2. The molecule has 0 aromatic heterocycles. The first-order chi connectivity index (χ1) is 15.9. The van der Waals surface area contributed by atoms with Gasteiger partial charge in [-0.2, -0.15) is 0 Å². The van der Waals surface area contributed by atoms with Crippen molar-refractivity contribution in [1.29, 1.82) is 0 Å². The van der Waals surface area contributed by atoms with Gasteiger partial charge in [0.1, 0.15) is 30.5 Å². The second-order valence-corrected chi connectivity index (χ2v) is 7.70. The first kappa shape index (κ1) is 24.1. The summed E-state index contributed by atoms with van der Waals surface area (Å²) < 4.78 is 16.5. The molecule has 0 saturated heterocycles. The van der Waals surface area contributed by atoms with Gasteiger partial charge in [-0.1, -0.05) is 47.7 Å². The van der Waals surface area contributed by atoms with Crippen LogP contribution in [-0.2, 0) is 0 Å². The molecule has 4 nitrogen and oxygen atoms in total. The normalized spacial score (nSPS) is 10.1. The summed E-state index contributed by atoms with van der Waals surface area (Å²) in [7, 11) is 0. The fourth-order valence-corrected chi connectivity index (χ4v) is 3.80. The van der Waals surface area contributed by atoms with Crippen LogP contribution in [0.25, 0.3) is 22.3 Å². The number of halogens is 2. The SMILES string of the molecule is C#CCOc1ccc(-c2c(C)c(Cl)c(C)c(-c3ccc(OCC#C)cc3)c2OC(=O)Cl)cc1. The van der Waals surface area contributed by atoms with E-state index in [1.165, 1.54) is 0 Å². The van der Waals surface area contributed by atoms with Gasteiger partial charge in [-0.15, -0.1) is 12.8 Å². The highest BCUT2D eigenvalue weighted by atomic mass is 35.5. The van der Waals surface area contributed by atoms with Gasteiger partial charge in [-0.05, 0) is 60.4 Å². The zero-order chi connectivity index (χ0) is 24.0. The molecule has 166 valence electrons. The summed E-state index contributed by atoms with van der Waals surface area (Å²) in [4.78, 5) is 11.9. The monoisotopic (exact) mass is 478 g/mol. The maximum Gasteiger partial charge on any atom is 0.409 e. The second-order valence-electron chi connectivity index (χ2n) is 7.02. The Bertz CT molecular complexity index is 1160. The third-order valence-electron chi connectivity index (χ3n) is 4.98. The van der Waals surface area contributed by atoms with Crippen LogP contribution in [-0.4, -0.2) is 18.6 Å². The topological polar surface area (TPSA) is 44.8 Å². The quantitative estimate of drug-likeness (QED) is 0.269. The van der Waals surface area contributed by atoms with Gasteiger partial charge >= 0.3 is 5.43 Å². The van der Waals surface area contributed by atoms with Gasteiger partial charge in [0.2, 0.25) is 0 Å². The number of hydrogen-bond acceptors (Lipinski definition) is 4.